The zero-order valence-corrected chi connectivity index (χ0v) is 17.3. The van der Waals surface area contributed by atoms with Crippen LogP contribution in [0.4, 0.5) is 14.9 Å². The molecule has 0 unspecified atom stereocenters. The molecule has 0 radical (unpaired) electrons. The van der Waals surface area contributed by atoms with Crippen LogP contribution in [0.3, 0.4) is 0 Å². The number of rotatable bonds is 7. The Bertz CT molecular complexity index is 892. The first-order valence-electron chi connectivity index (χ1n) is 9.52. The van der Waals surface area contributed by atoms with Crippen LogP contribution in [0.15, 0.2) is 48.5 Å². The molecule has 0 saturated heterocycles. The molecule has 0 saturated carbocycles. The Hall–Kier alpha value is -3.42. The van der Waals surface area contributed by atoms with E-state index in [4.69, 9.17) is 4.74 Å². The fourth-order valence-electron chi connectivity index (χ4n) is 2.44. The van der Waals surface area contributed by atoms with Crippen molar-refractivity contribution in [3.63, 3.8) is 0 Å². The molecule has 0 atom stereocenters. The molecule has 2 aromatic carbocycles. The number of carbonyl (C=O) groups excluding carboxylic acids is 3. The largest absolute Gasteiger partial charge is 0.444 e. The van der Waals surface area contributed by atoms with Crippen LogP contribution in [0, 0.1) is 5.82 Å². The second kappa shape index (κ2) is 10.4. The number of nitrogens with one attached hydrogen (secondary N) is 3. The molecule has 2 aromatic rings. The van der Waals surface area contributed by atoms with Crippen molar-refractivity contribution < 1.29 is 23.5 Å². The lowest BCUT2D eigenvalue weighted by molar-refractivity contribution is -0.116. The fraction of sp³-hybridized carbons (Fsp3) is 0.318. The average Bonchev–Trinajstić information content (AvgIpc) is 2.66. The summed E-state index contributed by atoms with van der Waals surface area (Å²) in [6.07, 6.45) is -0.475. The normalized spacial score (nSPS) is 10.8. The van der Waals surface area contributed by atoms with Crippen molar-refractivity contribution in [2.75, 3.05) is 11.9 Å². The molecule has 0 spiro atoms. The molecule has 0 aliphatic carbocycles. The standard InChI is InChI=1S/C22H26FN3O4/c1-22(2,3)30-21(29)24-13-12-19(27)26-16-10-8-15(9-11-16)14-25-20(28)17-6-4-5-7-18(17)23/h4-11H,12-14H2,1-3H3,(H,24,29)(H,25,28)(H,26,27). The second-order valence-corrected chi connectivity index (χ2v) is 7.59. The quantitative estimate of drug-likeness (QED) is 0.644. The Morgan fingerprint density at radius 1 is 0.967 bits per heavy atom. The van der Waals surface area contributed by atoms with E-state index in [0.29, 0.717) is 5.69 Å². The molecule has 2 rings (SSSR count). The van der Waals surface area contributed by atoms with Crippen LogP contribution in [-0.4, -0.2) is 30.1 Å². The van der Waals surface area contributed by atoms with E-state index < -0.39 is 23.4 Å². The fourth-order valence-corrected chi connectivity index (χ4v) is 2.44. The number of hydrogen-bond acceptors (Lipinski definition) is 4. The maximum absolute atomic E-state index is 13.6. The third-order valence-electron chi connectivity index (χ3n) is 3.83. The third-order valence-corrected chi connectivity index (χ3v) is 3.83. The van der Waals surface area contributed by atoms with E-state index in [1.807, 2.05) is 0 Å². The summed E-state index contributed by atoms with van der Waals surface area (Å²) >= 11 is 0. The highest BCUT2D eigenvalue weighted by molar-refractivity contribution is 5.94. The molecule has 8 heteroatoms. The molecular formula is C22H26FN3O4. The number of alkyl carbamates (subject to hydrolysis) is 1. The number of ether oxygens (including phenoxy) is 1. The van der Waals surface area contributed by atoms with Crippen LogP contribution in [0.2, 0.25) is 0 Å². The van der Waals surface area contributed by atoms with Gasteiger partial charge in [-0.25, -0.2) is 9.18 Å². The zero-order valence-electron chi connectivity index (χ0n) is 17.3. The van der Waals surface area contributed by atoms with E-state index >= 15 is 0 Å². The van der Waals surface area contributed by atoms with Crippen LogP contribution in [-0.2, 0) is 16.1 Å². The molecule has 0 bridgehead atoms. The van der Waals surface area contributed by atoms with Gasteiger partial charge in [0.25, 0.3) is 5.91 Å². The van der Waals surface area contributed by atoms with Crippen molar-refractivity contribution in [2.24, 2.45) is 0 Å². The van der Waals surface area contributed by atoms with Gasteiger partial charge in [-0.2, -0.15) is 0 Å². The van der Waals surface area contributed by atoms with Gasteiger partial charge in [0.15, 0.2) is 0 Å². The highest BCUT2D eigenvalue weighted by atomic mass is 19.1. The maximum atomic E-state index is 13.6. The van der Waals surface area contributed by atoms with E-state index in [1.54, 1.807) is 51.1 Å². The number of benzene rings is 2. The van der Waals surface area contributed by atoms with E-state index in [0.717, 1.165) is 5.56 Å². The van der Waals surface area contributed by atoms with Gasteiger partial charge < -0.3 is 20.7 Å². The number of anilines is 1. The first kappa shape index (κ1) is 22.9. The van der Waals surface area contributed by atoms with Gasteiger partial charge in [-0.3, -0.25) is 9.59 Å². The topological polar surface area (TPSA) is 96.5 Å². The van der Waals surface area contributed by atoms with Crippen molar-refractivity contribution in [3.8, 4) is 0 Å². The molecule has 160 valence electrons. The third kappa shape index (κ3) is 7.90. The molecule has 0 aromatic heterocycles. The van der Waals surface area contributed by atoms with E-state index in [2.05, 4.69) is 16.0 Å². The highest BCUT2D eigenvalue weighted by Gasteiger charge is 2.16. The Morgan fingerprint density at radius 2 is 1.63 bits per heavy atom. The monoisotopic (exact) mass is 415 g/mol. The summed E-state index contributed by atoms with van der Waals surface area (Å²) in [5.41, 5.74) is 0.773. The Balaban J connectivity index is 1.75. The molecular weight excluding hydrogens is 389 g/mol. The lowest BCUT2D eigenvalue weighted by Gasteiger charge is -2.19. The van der Waals surface area contributed by atoms with Gasteiger partial charge in [-0.1, -0.05) is 24.3 Å². The van der Waals surface area contributed by atoms with Crippen molar-refractivity contribution in [1.29, 1.82) is 0 Å². The molecule has 0 aliphatic heterocycles. The smallest absolute Gasteiger partial charge is 0.407 e. The van der Waals surface area contributed by atoms with Gasteiger partial charge in [0.1, 0.15) is 11.4 Å². The summed E-state index contributed by atoms with van der Waals surface area (Å²) in [6.45, 7) is 5.65. The predicted molar refractivity (Wildman–Crippen MR) is 111 cm³/mol. The van der Waals surface area contributed by atoms with Crippen LogP contribution in [0.5, 0.6) is 0 Å². The van der Waals surface area contributed by atoms with Crippen LogP contribution in [0.25, 0.3) is 0 Å². The zero-order chi connectivity index (χ0) is 22.1. The second-order valence-electron chi connectivity index (χ2n) is 7.59. The van der Waals surface area contributed by atoms with Gasteiger partial charge in [-0.15, -0.1) is 0 Å². The van der Waals surface area contributed by atoms with E-state index in [-0.39, 0.29) is 31.0 Å². The Labute approximate surface area is 175 Å². The summed E-state index contributed by atoms with van der Waals surface area (Å²) in [7, 11) is 0. The predicted octanol–water partition coefficient (Wildman–Crippen LogP) is 3.61. The lowest BCUT2D eigenvalue weighted by atomic mass is 10.1. The number of carbonyl (C=O) groups is 3. The van der Waals surface area contributed by atoms with Crippen molar-refractivity contribution in [2.45, 2.75) is 39.3 Å². The summed E-state index contributed by atoms with van der Waals surface area (Å²) in [5.74, 6) is -1.33. The van der Waals surface area contributed by atoms with Crippen LogP contribution in [0.1, 0.15) is 43.1 Å². The van der Waals surface area contributed by atoms with Crippen LogP contribution < -0.4 is 16.0 Å². The minimum absolute atomic E-state index is 0.0126. The van der Waals surface area contributed by atoms with Gasteiger partial charge in [-0.05, 0) is 50.6 Å². The van der Waals surface area contributed by atoms with Gasteiger partial charge >= 0.3 is 6.09 Å². The number of hydrogen-bond donors (Lipinski definition) is 3. The van der Waals surface area contributed by atoms with E-state index in [1.165, 1.54) is 18.2 Å². The highest BCUT2D eigenvalue weighted by Crippen LogP contribution is 2.11. The molecule has 30 heavy (non-hydrogen) atoms. The summed E-state index contributed by atoms with van der Waals surface area (Å²) in [5, 5.41) is 7.89. The average molecular weight is 415 g/mol. The SMILES string of the molecule is CC(C)(C)OC(=O)NCCC(=O)Nc1ccc(CNC(=O)c2ccccc2F)cc1. The lowest BCUT2D eigenvalue weighted by Crippen LogP contribution is -2.34. The number of halogens is 1. The minimum Gasteiger partial charge on any atom is -0.444 e. The van der Waals surface area contributed by atoms with Crippen LogP contribution >= 0.6 is 0 Å². The molecule has 3 amide bonds. The molecule has 0 heterocycles. The molecule has 0 fully saturated rings. The Kier molecular flexibility index (Phi) is 7.91. The van der Waals surface area contributed by atoms with Gasteiger partial charge in [0.05, 0.1) is 5.56 Å². The van der Waals surface area contributed by atoms with Crippen molar-refractivity contribution in [3.05, 3.63) is 65.5 Å². The van der Waals surface area contributed by atoms with Crippen molar-refractivity contribution in [1.82, 2.24) is 10.6 Å². The first-order valence-corrected chi connectivity index (χ1v) is 9.52. The summed E-state index contributed by atoms with van der Waals surface area (Å²) in [4.78, 5) is 35.5. The molecule has 3 N–H and O–H groups in total. The van der Waals surface area contributed by atoms with Crippen molar-refractivity contribution >= 4 is 23.6 Å². The summed E-state index contributed by atoms with van der Waals surface area (Å²) in [6, 6.07) is 12.7. The first-order chi connectivity index (χ1) is 14.1. The maximum Gasteiger partial charge on any atom is 0.407 e. The Morgan fingerprint density at radius 3 is 2.27 bits per heavy atom. The van der Waals surface area contributed by atoms with Gasteiger partial charge in [0, 0.05) is 25.2 Å². The molecule has 7 nitrogen and oxygen atoms in total. The number of amides is 3. The summed E-state index contributed by atoms with van der Waals surface area (Å²) < 4.78 is 18.7. The van der Waals surface area contributed by atoms with Gasteiger partial charge in [0.2, 0.25) is 5.91 Å². The molecule has 0 aliphatic rings. The van der Waals surface area contributed by atoms with E-state index in [9.17, 15) is 18.8 Å². The minimum atomic E-state index is -0.594.